The number of fused-ring (bicyclic) bond motifs is 1. The molecule has 1 aromatic rings. The van der Waals surface area contributed by atoms with Crippen LogP contribution in [0.3, 0.4) is 0 Å². The van der Waals surface area contributed by atoms with E-state index in [1.165, 1.54) is 11.3 Å². The second kappa shape index (κ2) is 4.01. The van der Waals surface area contributed by atoms with Gasteiger partial charge >= 0.3 is 0 Å². The summed E-state index contributed by atoms with van der Waals surface area (Å²) in [6.07, 6.45) is 1.14. The van der Waals surface area contributed by atoms with E-state index in [1.54, 1.807) is 0 Å². The summed E-state index contributed by atoms with van der Waals surface area (Å²) in [5, 5.41) is 0. The van der Waals surface area contributed by atoms with E-state index >= 15 is 0 Å². The molecule has 2 rings (SSSR count). The quantitative estimate of drug-likeness (QED) is 0.768. The Morgan fingerprint density at radius 2 is 2.21 bits per heavy atom. The van der Waals surface area contributed by atoms with Crippen molar-refractivity contribution >= 4 is 5.69 Å². The van der Waals surface area contributed by atoms with E-state index in [9.17, 15) is 0 Å². The van der Waals surface area contributed by atoms with Gasteiger partial charge in [-0.3, -0.25) is 0 Å². The van der Waals surface area contributed by atoms with Crippen LogP contribution < -0.4 is 10.6 Å². The zero-order valence-corrected chi connectivity index (χ0v) is 8.74. The molecule has 0 aromatic heterocycles. The molecular formula is C12H18N2. The van der Waals surface area contributed by atoms with Crippen LogP contribution in [0.2, 0.25) is 0 Å². The number of rotatable bonds is 2. The van der Waals surface area contributed by atoms with Gasteiger partial charge in [-0.2, -0.15) is 0 Å². The summed E-state index contributed by atoms with van der Waals surface area (Å²) in [5.41, 5.74) is 8.61. The molecular weight excluding hydrogens is 172 g/mol. The molecule has 0 amide bonds. The van der Waals surface area contributed by atoms with Crippen LogP contribution >= 0.6 is 0 Å². The predicted molar refractivity (Wildman–Crippen MR) is 60.6 cm³/mol. The van der Waals surface area contributed by atoms with Gasteiger partial charge < -0.3 is 10.6 Å². The number of anilines is 1. The van der Waals surface area contributed by atoms with Crippen LogP contribution in [0.1, 0.15) is 12.5 Å². The Labute approximate surface area is 85.7 Å². The van der Waals surface area contributed by atoms with Crippen molar-refractivity contribution in [3.63, 3.8) is 0 Å². The monoisotopic (exact) mass is 190 g/mol. The van der Waals surface area contributed by atoms with Crippen LogP contribution in [-0.4, -0.2) is 19.6 Å². The van der Waals surface area contributed by atoms with Gasteiger partial charge in [0.2, 0.25) is 0 Å². The lowest BCUT2D eigenvalue weighted by atomic mass is 9.92. The number of para-hydroxylation sites is 1. The number of nitrogens with two attached hydrogens (primary N) is 1. The van der Waals surface area contributed by atoms with Crippen LogP contribution in [0.25, 0.3) is 0 Å². The predicted octanol–water partition coefficient (Wildman–Crippen LogP) is 1.64. The van der Waals surface area contributed by atoms with Crippen molar-refractivity contribution in [1.29, 1.82) is 0 Å². The van der Waals surface area contributed by atoms with Crippen molar-refractivity contribution in [3.8, 4) is 0 Å². The van der Waals surface area contributed by atoms with Gasteiger partial charge in [-0.15, -0.1) is 0 Å². The molecule has 0 radical (unpaired) electrons. The highest BCUT2D eigenvalue weighted by Crippen LogP contribution is 2.28. The molecule has 0 aliphatic carbocycles. The lowest BCUT2D eigenvalue weighted by molar-refractivity contribution is 0.503. The third kappa shape index (κ3) is 1.62. The van der Waals surface area contributed by atoms with E-state index < -0.39 is 0 Å². The SMILES string of the molecule is CCN1CC(CN)Cc2ccccc21. The minimum atomic E-state index is 0.629. The molecule has 0 saturated carbocycles. The van der Waals surface area contributed by atoms with Gasteiger partial charge in [0.1, 0.15) is 0 Å². The van der Waals surface area contributed by atoms with Gasteiger partial charge in [-0.05, 0) is 37.4 Å². The van der Waals surface area contributed by atoms with Crippen molar-refractivity contribution in [1.82, 2.24) is 0 Å². The molecule has 1 aliphatic heterocycles. The van der Waals surface area contributed by atoms with Crippen LogP contribution in [0.5, 0.6) is 0 Å². The van der Waals surface area contributed by atoms with Crippen LogP contribution in [0, 0.1) is 5.92 Å². The summed E-state index contributed by atoms with van der Waals surface area (Å²) in [6.45, 7) is 5.19. The average molecular weight is 190 g/mol. The van der Waals surface area contributed by atoms with Gasteiger partial charge in [0.05, 0.1) is 0 Å². The van der Waals surface area contributed by atoms with E-state index in [2.05, 4.69) is 36.1 Å². The van der Waals surface area contributed by atoms with Crippen molar-refractivity contribution < 1.29 is 0 Å². The van der Waals surface area contributed by atoms with Crippen LogP contribution in [-0.2, 0) is 6.42 Å². The average Bonchev–Trinajstić information content (AvgIpc) is 2.27. The smallest absolute Gasteiger partial charge is 0.0398 e. The summed E-state index contributed by atoms with van der Waals surface area (Å²) in [7, 11) is 0. The van der Waals surface area contributed by atoms with E-state index in [-0.39, 0.29) is 0 Å². The van der Waals surface area contributed by atoms with Gasteiger partial charge in [0.15, 0.2) is 0 Å². The third-order valence-electron chi connectivity index (χ3n) is 3.03. The fraction of sp³-hybridized carbons (Fsp3) is 0.500. The highest BCUT2D eigenvalue weighted by atomic mass is 15.1. The fourth-order valence-corrected chi connectivity index (χ4v) is 2.23. The summed E-state index contributed by atoms with van der Waals surface area (Å²) in [6, 6.07) is 8.67. The van der Waals surface area contributed by atoms with E-state index in [4.69, 9.17) is 5.73 Å². The Kier molecular flexibility index (Phi) is 2.73. The Balaban J connectivity index is 2.31. The molecule has 0 saturated heterocycles. The number of hydrogen-bond acceptors (Lipinski definition) is 2. The number of hydrogen-bond donors (Lipinski definition) is 1. The first-order valence-electron chi connectivity index (χ1n) is 5.38. The van der Waals surface area contributed by atoms with Crippen LogP contribution in [0.4, 0.5) is 5.69 Å². The normalized spacial score (nSPS) is 20.7. The lowest BCUT2D eigenvalue weighted by Gasteiger charge is -2.35. The number of benzene rings is 1. The minimum Gasteiger partial charge on any atom is -0.371 e. The fourth-order valence-electron chi connectivity index (χ4n) is 2.23. The van der Waals surface area contributed by atoms with Gasteiger partial charge in [-0.1, -0.05) is 18.2 Å². The zero-order chi connectivity index (χ0) is 9.97. The van der Waals surface area contributed by atoms with E-state index in [1.807, 2.05) is 0 Å². The third-order valence-corrected chi connectivity index (χ3v) is 3.03. The molecule has 1 aromatic carbocycles. The molecule has 2 nitrogen and oxygen atoms in total. The molecule has 0 spiro atoms. The number of nitrogens with zero attached hydrogens (tertiary/aromatic N) is 1. The summed E-state index contributed by atoms with van der Waals surface area (Å²) < 4.78 is 0. The van der Waals surface area contributed by atoms with E-state index in [0.29, 0.717) is 5.92 Å². The van der Waals surface area contributed by atoms with Crippen molar-refractivity contribution in [2.75, 3.05) is 24.5 Å². The first-order valence-corrected chi connectivity index (χ1v) is 5.38. The summed E-state index contributed by atoms with van der Waals surface area (Å²) in [5.74, 6) is 0.629. The first kappa shape index (κ1) is 9.53. The van der Waals surface area contributed by atoms with Crippen LogP contribution in [0.15, 0.2) is 24.3 Å². The minimum absolute atomic E-state index is 0.629. The molecule has 1 aliphatic rings. The molecule has 0 fully saturated rings. The Bertz CT molecular complexity index is 309. The molecule has 2 N–H and O–H groups in total. The zero-order valence-electron chi connectivity index (χ0n) is 8.74. The van der Waals surface area contributed by atoms with Crippen molar-refractivity contribution in [2.24, 2.45) is 11.7 Å². The molecule has 1 unspecified atom stereocenters. The van der Waals surface area contributed by atoms with Crippen molar-refractivity contribution in [2.45, 2.75) is 13.3 Å². The molecule has 76 valence electrons. The largest absolute Gasteiger partial charge is 0.371 e. The Morgan fingerprint density at radius 1 is 1.43 bits per heavy atom. The lowest BCUT2D eigenvalue weighted by Crippen LogP contribution is -2.38. The molecule has 14 heavy (non-hydrogen) atoms. The Hall–Kier alpha value is -1.02. The molecule has 1 atom stereocenters. The standard InChI is InChI=1S/C12H18N2/c1-2-14-9-10(8-13)7-11-5-3-4-6-12(11)14/h3-6,10H,2,7-9,13H2,1H3. The van der Waals surface area contributed by atoms with E-state index in [0.717, 1.165) is 26.1 Å². The maximum Gasteiger partial charge on any atom is 0.0398 e. The molecule has 2 heteroatoms. The van der Waals surface area contributed by atoms with Gasteiger partial charge in [0, 0.05) is 18.8 Å². The molecule has 1 heterocycles. The highest BCUT2D eigenvalue weighted by Gasteiger charge is 2.21. The molecule has 0 bridgehead atoms. The highest BCUT2D eigenvalue weighted by molar-refractivity contribution is 5.55. The van der Waals surface area contributed by atoms with Gasteiger partial charge in [0.25, 0.3) is 0 Å². The maximum atomic E-state index is 5.75. The first-order chi connectivity index (χ1) is 6.85. The topological polar surface area (TPSA) is 29.3 Å². The van der Waals surface area contributed by atoms with Crippen molar-refractivity contribution in [3.05, 3.63) is 29.8 Å². The second-order valence-corrected chi connectivity index (χ2v) is 3.97. The maximum absolute atomic E-state index is 5.75. The second-order valence-electron chi connectivity index (χ2n) is 3.97. The Morgan fingerprint density at radius 3 is 2.93 bits per heavy atom. The summed E-state index contributed by atoms with van der Waals surface area (Å²) in [4.78, 5) is 2.43. The van der Waals surface area contributed by atoms with Gasteiger partial charge in [-0.25, -0.2) is 0 Å². The summed E-state index contributed by atoms with van der Waals surface area (Å²) >= 11 is 0.